The Morgan fingerprint density at radius 3 is 2.16 bits per heavy atom. The lowest BCUT2D eigenvalue weighted by Crippen LogP contribution is -2.34. The number of hydrogen-bond donors (Lipinski definition) is 0. The summed E-state index contributed by atoms with van der Waals surface area (Å²) >= 11 is 0. The first-order chi connectivity index (χ1) is 11.6. The van der Waals surface area contributed by atoms with Crippen molar-refractivity contribution >= 4 is 11.9 Å². The van der Waals surface area contributed by atoms with Crippen molar-refractivity contribution in [3.8, 4) is 5.75 Å². The first-order valence-corrected chi connectivity index (χ1v) is 8.19. The van der Waals surface area contributed by atoms with E-state index in [0.29, 0.717) is 6.42 Å². The molecule has 1 aromatic rings. The van der Waals surface area contributed by atoms with Crippen LogP contribution in [0.2, 0.25) is 0 Å². The topological polar surface area (TPSA) is 52.6 Å². The molecule has 140 valence electrons. The van der Waals surface area contributed by atoms with Gasteiger partial charge in [0, 0.05) is 6.92 Å². The highest BCUT2D eigenvalue weighted by atomic mass is 19.4. The maximum absolute atomic E-state index is 13.1. The average molecular weight is 360 g/mol. The smallest absolute Gasteiger partial charge is 0.425 e. The molecule has 0 radical (unpaired) electrons. The van der Waals surface area contributed by atoms with Crippen LogP contribution in [0, 0.1) is 5.92 Å². The van der Waals surface area contributed by atoms with Crippen molar-refractivity contribution in [2.24, 2.45) is 5.92 Å². The molecule has 7 heteroatoms. The molecule has 0 aromatic heterocycles. The molecule has 4 nitrogen and oxygen atoms in total. The van der Waals surface area contributed by atoms with Gasteiger partial charge >= 0.3 is 18.1 Å². The van der Waals surface area contributed by atoms with E-state index in [2.05, 4.69) is 4.74 Å². The molecule has 0 aliphatic carbocycles. The van der Waals surface area contributed by atoms with Gasteiger partial charge in [0.1, 0.15) is 5.75 Å². The summed E-state index contributed by atoms with van der Waals surface area (Å²) in [4.78, 5) is 22.8. The van der Waals surface area contributed by atoms with Crippen LogP contribution < -0.4 is 4.74 Å². The van der Waals surface area contributed by atoms with Gasteiger partial charge in [0.2, 0.25) is 0 Å². The first kappa shape index (κ1) is 21.0. The zero-order chi connectivity index (χ0) is 19.0. The van der Waals surface area contributed by atoms with Crippen molar-refractivity contribution in [3.63, 3.8) is 0 Å². The first-order valence-electron chi connectivity index (χ1n) is 8.19. The van der Waals surface area contributed by atoms with Crippen molar-refractivity contribution in [2.75, 3.05) is 0 Å². The number of hydrogen-bond acceptors (Lipinski definition) is 4. The van der Waals surface area contributed by atoms with E-state index in [9.17, 15) is 22.8 Å². The van der Waals surface area contributed by atoms with Gasteiger partial charge in [-0.1, -0.05) is 26.7 Å². The van der Waals surface area contributed by atoms with Crippen LogP contribution in [0.15, 0.2) is 24.3 Å². The van der Waals surface area contributed by atoms with Gasteiger partial charge < -0.3 is 9.47 Å². The molecular formula is C18H23F3O4. The minimum atomic E-state index is -4.61. The molecule has 0 saturated carbocycles. The molecule has 0 aliphatic heterocycles. The number of carbonyl (C=O) groups is 2. The second kappa shape index (κ2) is 9.44. The summed E-state index contributed by atoms with van der Waals surface area (Å²) in [6.07, 6.45) is -4.95. The number of benzene rings is 1. The van der Waals surface area contributed by atoms with E-state index < -0.39 is 24.2 Å². The van der Waals surface area contributed by atoms with Crippen LogP contribution in [0.1, 0.15) is 56.8 Å². The standard InChI is InChI=1S/C18H23F3O4/c1-4-5-12(2)6-11-16(18(19,20)21)25-17(23)14-7-9-15(10-8-14)24-13(3)22/h7-10,12,16H,4-6,11H2,1-3H3. The van der Waals surface area contributed by atoms with Crippen molar-refractivity contribution in [2.45, 2.75) is 58.7 Å². The summed E-state index contributed by atoms with van der Waals surface area (Å²) in [6, 6.07) is 5.16. The molecule has 1 rings (SSSR count). The van der Waals surface area contributed by atoms with E-state index in [1.54, 1.807) is 0 Å². The number of esters is 2. The summed E-state index contributed by atoms with van der Waals surface area (Å²) in [5.41, 5.74) is -0.0354. The zero-order valence-electron chi connectivity index (χ0n) is 14.6. The summed E-state index contributed by atoms with van der Waals surface area (Å²) in [5, 5.41) is 0. The third-order valence-corrected chi connectivity index (χ3v) is 3.67. The van der Waals surface area contributed by atoms with Gasteiger partial charge in [0.05, 0.1) is 5.56 Å². The number of halogens is 3. The lowest BCUT2D eigenvalue weighted by Gasteiger charge is -2.22. The summed E-state index contributed by atoms with van der Waals surface area (Å²) in [7, 11) is 0. The van der Waals surface area contributed by atoms with E-state index in [0.717, 1.165) is 12.8 Å². The quantitative estimate of drug-likeness (QED) is 0.488. The number of carbonyl (C=O) groups excluding carboxylic acids is 2. The van der Waals surface area contributed by atoms with Crippen LogP contribution in [0.4, 0.5) is 13.2 Å². The molecule has 0 spiro atoms. The normalized spacial score (nSPS) is 13.8. The Kier molecular flexibility index (Phi) is 7.93. The van der Waals surface area contributed by atoms with Crippen LogP contribution in [0.3, 0.4) is 0 Å². The van der Waals surface area contributed by atoms with Crippen molar-refractivity contribution in [3.05, 3.63) is 29.8 Å². The van der Waals surface area contributed by atoms with Crippen LogP contribution in [-0.2, 0) is 9.53 Å². The molecule has 1 aromatic carbocycles. The molecule has 2 unspecified atom stereocenters. The monoisotopic (exact) mass is 360 g/mol. The molecule has 0 saturated heterocycles. The van der Waals surface area contributed by atoms with Gasteiger partial charge in [-0.25, -0.2) is 4.79 Å². The fourth-order valence-electron chi connectivity index (χ4n) is 2.38. The van der Waals surface area contributed by atoms with Crippen LogP contribution in [0.5, 0.6) is 5.75 Å². The van der Waals surface area contributed by atoms with Crippen LogP contribution in [-0.4, -0.2) is 24.2 Å². The Labute approximate surface area is 145 Å². The predicted octanol–water partition coefficient (Wildman–Crippen LogP) is 4.92. The Hall–Kier alpha value is -2.05. The van der Waals surface area contributed by atoms with E-state index in [1.165, 1.54) is 31.2 Å². The maximum Gasteiger partial charge on any atom is 0.425 e. The highest BCUT2D eigenvalue weighted by Gasteiger charge is 2.42. The van der Waals surface area contributed by atoms with Gasteiger partial charge in [-0.05, 0) is 43.0 Å². The molecule has 25 heavy (non-hydrogen) atoms. The minimum Gasteiger partial charge on any atom is -0.449 e. The SMILES string of the molecule is CCCC(C)CCC(OC(=O)c1ccc(OC(C)=O)cc1)C(F)(F)F. The molecular weight excluding hydrogens is 337 g/mol. The number of ether oxygens (including phenoxy) is 2. The predicted molar refractivity (Wildman–Crippen MR) is 86.3 cm³/mol. The Bertz CT molecular complexity index is 567. The lowest BCUT2D eigenvalue weighted by molar-refractivity contribution is -0.206. The van der Waals surface area contributed by atoms with Crippen LogP contribution in [0.25, 0.3) is 0 Å². The van der Waals surface area contributed by atoms with Crippen LogP contribution >= 0.6 is 0 Å². The Morgan fingerprint density at radius 2 is 1.68 bits per heavy atom. The molecule has 0 aliphatic rings. The van der Waals surface area contributed by atoms with E-state index in [-0.39, 0.29) is 23.7 Å². The average Bonchev–Trinajstić information content (AvgIpc) is 2.50. The fraction of sp³-hybridized carbons (Fsp3) is 0.556. The van der Waals surface area contributed by atoms with E-state index in [4.69, 9.17) is 4.74 Å². The third-order valence-electron chi connectivity index (χ3n) is 3.67. The Balaban J connectivity index is 2.72. The molecule has 0 N–H and O–H groups in total. The molecule has 0 amide bonds. The van der Waals surface area contributed by atoms with Gasteiger partial charge in [0.15, 0.2) is 6.10 Å². The Morgan fingerprint density at radius 1 is 1.08 bits per heavy atom. The second-order valence-corrected chi connectivity index (χ2v) is 6.02. The third kappa shape index (κ3) is 7.58. The number of alkyl halides is 3. The summed E-state index contributed by atoms with van der Waals surface area (Å²) in [5.74, 6) is -1.25. The van der Waals surface area contributed by atoms with E-state index in [1.807, 2.05) is 13.8 Å². The van der Waals surface area contributed by atoms with Gasteiger partial charge in [0.25, 0.3) is 0 Å². The number of rotatable bonds is 8. The molecule has 0 heterocycles. The minimum absolute atomic E-state index is 0.0354. The highest BCUT2D eigenvalue weighted by molar-refractivity contribution is 5.89. The fourth-order valence-corrected chi connectivity index (χ4v) is 2.38. The maximum atomic E-state index is 13.1. The summed E-state index contributed by atoms with van der Waals surface area (Å²) in [6.45, 7) is 5.07. The molecule has 0 bridgehead atoms. The molecule has 2 atom stereocenters. The van der Waals surface area contributed by atoms with Crippen molar-refractivity contribution < 1.29 is 32.2 Å². The zero-order valence-corrected chi connectivity index (χ0v) is 14.6. The van der Waals surface area contributed by atoms with Gasteiger partial charge in [-0.2, -0.15) is 13.2 Å². The van der Waals surface area contributed by atoms with Crippen molar-refractivity contribution in [1.82, 2.24) is 0 Å². The lowest BCUT2D eigenvalue weighted by atomic mass is 9.98. The highest BCUT2D eigenvalue weighted by Crippen LogP contribution is 2.29. The summed E-state index contributed by atoms with van der Waals surface area (Å²) < 4.78 is 48.8. The van der Waals surface area contributed by atoms with E-state index >= 15 is 0 Å². The largest absolute Gasteiger partial charge is 0.449 e. The van der Waals surface area contributed by atoms with Gasteiger partial charge in [-0.15, -0.1) is 0 Å². The second-order valence-electron chi connectivity index (χ2n) is 6.02. The molecule has 0 fully saturated rings. The van der Waals surface area contributed by atoms with Crippen molar-refractivity contribution in [1.29, 1.82) is 0 Å². The van der Waals surface area contributed by atoms with Gasteiger partial charge in [-0.3, -0.25) is 4.79 Å².